The topological polar surface area (TPSA) is 72.5 Å². The van der Waals surface area contributed by atoms with Gasteiger partial charge in [0.15, 0.2) is 6.29 Å². The van der Waals surface area contributed by atoms with Gasteiger partial charge in [-0.2, -0.15) is 0 Å². The second-order valence-corrected chi connectivity index (χ2v) is 13.3. The van der Waals surface area contributed by atoms with Crippen molar-refractivity contribution in [2.75, 3.05) is 20.3 Å². The first-order valence-electron chi connectivity index (χ1n) is 13.5. The number of hydrogen-bond acceptors (Lipinski definition) is 7. The van der Waals surface area contributed by atoms with Crippen LogP contribution in [0.5, 0.6) is 5.75 Å². The Morgan fingerprint density at radius 1 is 1.19 bits per heavy atom. The Bertz CT molecular complexity index is 1030. The number of esters is 1. The molecule has 5 atom stereocenters. The maximum atomic E-state index is 13.4. The molecule has 3 aliphatic carbocycles. The summed E-state index contributed by atoms with van der Waals surface area (Å²) in [4.78, 5) is 13.4. The van der Waals surface area contributed by atoms with Crippen LogP contribution in [0.2, 0.25) is 0 Å². The monoisotopic (exact) mass is 534 g/mol. The van der Waals surface area contributed by atoms with Gasteiger partial charge in [0, 0.05) is 5.56 Å². The molecule has 9 heteroatoms. The van der Waals surface area contributed by atoms with E-state index in [1.807, 2.05) is 32.9 Å². The van der Waals surface area contributed by atoms with E-state index in [2.05, 4.69) is 20.8 Å². The SMILES string of the molecule is COc1c(C[C@@H](Cl)B2OC3CC4C[C@@H](C4(C)C)[C@]3(C)O2)ccc(C2OCCCO2)c1C(=O)OC(C)(C)C. The van der Waals surface area contributed by atoms with Gasteiger partial charge < -0.3 is 28.3 Å². The summed E-state index contributed by atoms with van der Waals surface area (Å²) in [7, 11) is 1.02. The number of hydrogen-bond donors (Lipinski definition) is 0. The van der Waals surface area contributed by atoms with E-state index in [-0.39, 0.29) is 17.1 Å². The largest absolute Gasteiger partial charge is 0.496 e. The Balaban J connectivity index is 1.41. The Hall–Kier alpha value is -1.32. The van der Waals surface area contributed by atoms with Gasteiger partial charge in [0.1, 0.15) is 16.9 Å². The average molecular weight is 535 g/mol. The van der Waals surface area contributed by atoms with E-state index in [1.54, 1.807) is 7.11 Å². The molecule has 3 saturated carbocycles. The van der Waals surface area contributed by atoms with Crippen LogP contribution in [0.3, 0.4) is 0 Å². The van der Waals surface area contributed by atoms with Gasteiger partial charge >= 0.3 is 13.1 Å². The van der Waals surface area contributed by atoms with Crippen molar-refractivity contribution in [3.63, 3.8) is 0 Å². The van der Waals surface area contributed by atoms with Crippen LogP contribution < -0.4 is 4.74 Å². The van der Waals surface area contributed by atoms with Crippen molar-refractivity contribution >= 4 is 24.7 Å². The molecule has 2 heterocycles. The highest BCUT2D eigenvalue weighted by molar-refractivity contribution is 6.60. The summed E-state index contributed by atoms with van der Waals surface area (Å²) in [5, 5.41) is -0.462. The highest BCUT2D eigenvalue weighted by atomic mass is 35.5. The first kappa shape index (κ1) is 27.3. The fourth-order valence-corrected chi connectivity index (χ4v) is 7.07. The van der Waals surface area contributed by atoms with Gasteiger partial charge in [-0.3, -0.25) is 0 Å². The van der Waals surface area contributed by atoms with Crippen LogP contribution >= 0.6 is 11.6 Å². The molecule has 0 aromatic heterocycles. The maximum Gasteiger partial charge on any atom is 0.477 e. The number of halogens is 1. The predicted molar refractivity (Wildman–Crippen MR) is 141 cm³/mol. The molecule has 1 aromatic rings. The fraction of sp³-hybridized carbons (Fsp3) is 0.750. The average Bonchev–Trinajstić information content (AvgIpc) is 3.20. The normalized spacial score (nSPS) is 31.9. The molecule has 2 aliphatic heterocycles. The molecule has 2 unspecified atom stereocenters. The van der Waals surface area contributed by atoms with Gasteiger partial charge in [-0.1, -0.05) is 26.0 Å². The van der Waals surface area contributed by atoms with Crippen LogP contribution in [-0.2, 0) is 29.9 Å². The van der Waals surface area contributed by atoms with E-state index < -0.39 is 30.3 Å². The van der Waals surface area contributed by atoms with E-state index in [9.17, 15) is 4.79 Å². The lowest BCUT2D eigenvalue weighted by Crippen LogP contribution is -2.65. The van der Waals surface area contributed by atoms with Crippen molar-refractivity contribution < 1.29 is 33.1 Å². The van der Waals surface area contributed by atoms with Crippen molar-refractivity contribution in [1.29, 1.82) is 0 Å². The number of carbonyl (C=O) groups is 1. The van der Waals surface area contributed by atoms with Crippen LogP contribution in [0.4, 0.5) is 0 Å². The zero-order chi connectivity index (χ0) is 26.8. The fourth-order valence-electron chi connectivity index (χ4n) is 6.80. The quantitative estimate of drug-likeness (QED) is 0.271. The van der Waals surface area contributed by atoms with Crippen molar-refractivity contribution in [2.24, 2.45) is 17.3 Å². The molecule has 37 heavy (non-hydrogen) atoms. The Kier molecular flexibility index (Phi) is 7.15. The first-order chi connectivity index (χ1) is 17.3. The molecule has 5 fully saturated rings. The van der Waals surface area contributed by atoms with Crippen molar-refractivity contribution in [3.8, 4) is 5.75 Å². The number of methoxy groups -OCH3 is 1. The minimum Gasteiger partial charge on any atom is -0.496 e. The Morgan fingerprint density at radius 2 is 1.89 bits per heavy atom. The molecule has 7 nitrogen and oxygen atoms in total. The number of carbonyl (C=O) groups excluding carboxylic acids is 1. The van der Waals surface area contributed by atoms with Crippen molar-refractivity contribution in [1.82, 2.24) is 0 Å². The van der Waals surface area contributed by atoms with Crippen LogP contribution in [0, 0.1) is 17.3 Å². The molecule has 204 valence electrons. The number of rotatable bonds is 6. The second kappa shape index (κ2) is 9.70. The predicted octanol–water partition coefficient (Wildman–Crippen LogP) is 5.50. The zero-order valence-electron chi connectivity index (χ0n) is 23.1. The lowest BCUT2D eigenvalue weighted by atomic mass is 9.43. The molecular weight excluding hydrogens is 495 g/mol. The van der Waals surface area contributed by atoms with E-state index >= 15 is 0 Å². The molecule has 6 rings (SSSR count). The summed E-state index contributed by atoms with van der Waals surface area (Å²) < 4.78 is 36.2. The van der Waals surface area contributed by atoms with E-state index in [0.717, 1.165) is 18.4 Å². The highest BCUT2D eigenvalue weighted by Gasteiger charge is 2.68. The molecule has 0 spiro atoms. The van der Waals surface area contributed by atoms with Crippen molar-refractivity contribution in [2.45, 2.75) is 96.1 Å². The van der Waals surface area contributed by atoms with Gasteiger partial charge in [0.25, 0.3) is 0 Å². The summed E-state index contributed by atoms with van der Waals surface area (Å²) in [6, 6.07) is 3.77. The molecule has 2 bridgehead atoms. The molecule has 0 N–H and O–H groups in total. The molecule has 0 radical (unpaired) electrons. The van der Waals surface area contributed by atoms with E-state index in [0.29, 0.717) is 48.3 Å². The zero-order valence-corrected chi connectivity index (χ0v) is 23.9. The van der Waals surface area contributed by atoms with Gasteiger partial charge in [-0.15, -0.1) is 11.6 Å². The van der Waals surface area contributed by atoms with E-state index in [4.69, 9.17) is 39.9 Å². The Labute approximate surface area is 225 Å². The first-order valence-corrected chi connectivity index (χ1v) is 13.9. The van der Waals surface area contributed by atoms with Crippen LogP contribution in [0.15, 0.2) is 12.1 Å². The minimum absolute atomic E-state index is 0.0534. The summed E-state index contributed by atoms with van der Waals surface area (Å²) >= 11 is 6.97. The summed E-state index contributed by atoms with van der Waals surface area (Å²) in [6.07, 6.45) is 2.79. The lowest BCUT2D eigenvalue weighted by molar-refractivity contribution is -0.199. The third-order valence-electron chi connectivity index (χ3n) is 8.84. The summed E-state index contributed by atoms with van der Waals surface area (Å²) in [5.41, 5.74) is 0.929. The van der Waals surface area contributed by atoms with Gasteiger partial charge in [-0.25, -0.2) is 4.79 Å². The molecule has 0 amide bonds. The molecule has 2 saturated heterocycles. The summed E-state index contributed by atoms with van der Waals surface area (Å²) in [5.74, 6) is 1.06. The minimum atomic E-state index is -0.676. The van der Waals surface area contributed by atoms with Crippen molar-refractivity contribution in [3.05, 3.63) is 28.8 Å². The molecule has 1 aromatic carbocycles. The number of alkyl halides is 1. The number of ether oxygens (including phenoxy) is 4. The molecule has 5 aliphatic rings. The van der Waals surface area contributed by atoms with Gasteiger partial charge in [-0.05, 0) is 76.2 Å². The smallest absolute Gasteiger partial charge is 0.477 e. The third kappa shape index (κ3) is 4.82. The van der Waals surface area contributed by atoms with Crippen LogP contribution in [0.1, 0.15) is 88.6 Å². The van der Waals surface area contributed by atoms with Gasteiger partial charge in [0.05, 0.1) is 37.3 Å². The highest BCUT2D eigenvalue weighted by Crippen LogP contribution is 2.65. The third-order valence-corrected chi connectivity index (χ3v) is 9.20. The van der Waals surface area contributed by atoms with Crippen LogP contribution in [-0.4, -0.2) is 56.0 Å². The summed E-state index contributed by atoms with van der Waals surface area (Å²) in [6.45, 7) is 13.5. The van der Waals surface area contributed by atoms with Gasteiger partial charge in [0.2, 0.25) is 0 Å². The van der Waals surface area contributed by atoms with E-state index in [1.165, 1.54) is 6.42 Å². The van der Waals surface area contributed by atoms with Crippen LogP contribution in [0.25, 0.3) is 0 Å². The molecular formula is C28H40BClO7. The second-order valence-electron chi connectivity index (χ2n) is 12.7. The maximum absolute atomic E-state index is 13.4. The number of benzene rings is 1. The standard InChI is InChI=1S/C28H40BClO7/c1-26(2,3)35-24(31)22-18(25-33-11-8-12-34-25)10-9-16(23(22)32-7)13-21(30)29-36-20-15-17-14-19(27(17,4)5)28(20,6)37-29/h9-10,17,19-21,25H,8,11-15H2,1-7H3/t17?,19-,20?,21+,28-/m0/s1. The lowest BCUT2D eigenvalue weighted by Gasteiger charge is -2.64. The Morgan fingerprint density at radius 3 is 2.51 bits per heavy atom.